The van der Waals surface area contributed by atoms with E-state index >= 15 is 0 Å². The molecule has 5 amide bonds. The van der Waals surface area contributed by atoms with E-state index in [1.807, 2.05) is 30.3 Å². The van der Waals surface area contributed by atoms with E-state index < -0.39 is 17.5 Å². The molecule has 1 aliphatic carbocycles. The van der Waals surface area contributed by atoms with Crippen molar-refractivity contribution in [3.8, 4) is 0 Å². The van der Waals surface area contributed by atoms with Crippen molar-refractivity contribution in [1.82, 2.24) is 16.0 Å². The molecule has 174 valence electrons. The smallest absolute Gasteiger partial charge is 0.322 e. The average Bonchev–Trinajstić information content (AvgIpc) is 3.04. The summed E-state index contributed by atoms with van der Waals surface area (Å²) in [6.45, 7) is 6.61. The first-order valence-corrected chi connectivity index (χ1v) is 11.5. The lowest BCUT2D eigenvalue weighted by atomic mass is 9.70. The normalized spacial score (nSPS) is 24.0. The van der Waals surface area contributed by atoms with Crippen LogP contribution in [-0.4, -0.2) is 18.0 Å². The van der Waals surface area contributed by atoms with Gasteiger partial charge in [0.2, 0.25) is 0 Å². The molecule has 4 rings (SSSR count). The van der Waals surface area contributed by atoms with Gasteiger partial charge in [-0.1, -0.05) is 56.7 Å². The second-order valence-corrected chi connectivity index (χ2v) is 10.1. The van der Waals surface area contributed by atoms with Gasteiger partial charge < -0.3 is 16.0 Å². The minimum atomic E-state index is -1.12. The van der Waals surface area contributed by atoms with Crippen molar-refractivity contribution in [1.29, 1.82) is 0 Å². The average molecular weight is 449 g/mol. The Morgan fingerprint density at radius 2 is 1.88 bits per heavy atom. The molecule has 2 aromatic carbocycles. The molecule has 33 heavy (non-hydrogen) atoms. The van der Waals surface area contributed by atoms with Crippen molar-refractivity contribution < 1.29 is 14.4 Å². The van der Waals surface area contributed by atoms with Crippen LogP contribution in [-0.2, 0) is 16.9 Å². The van der Waals surface area contributed by atoms with Crippen LogP contribution in [0.1, 0.15) is 69.1 Å². The Morgan fingerprint density at radius 3 is 2.61 bits per heavy atom. The number of benzene rings is 2. The molecule has 0 bridgehead atoms. The quantitative estimate of drug-likeness (QED) is 0.497. The first kappa shape index (κ1) is 22.8. The van der Waals surface area contributed by atoms with E-state index in [2.05, 4.69) is 47.2 Å². The van der Waals surface area contributed by atoms with E-state index in [1.165, 1.54) is 24.8 Å². The fourth-order valence-electron chi connectivity index (χ4n) is 4.95. The van der Waals surface area contributed by atoms with Crippen LogP contribution < -0.4 is 21.3 Å². The van der Waals surface area contributed by atoms with Crippen LogP contribution in [0.4, 0.5) is 15.3 Å². The Kier molecular flexibility index (Phi) is 6.15. The van der Waals surface area contributed by atoms with Gasteiger partial charge in [0.25, 0.3) is 5.91 Å². The molecule has 0 spiro atoms. The molecule has 7 heteroatoms. The zero-order valence-corrected chi connectivity index (χ0v) is 19.5. The highest BCUT2D eigenvalue weighted by molar-refractivity contribution is 6.07. The molecule has 4 N–H and O–H groups in total. The first-order chi connectivity index (χ1) is 15.6. The molecule has 7 nitrogen and oxygen atoms in total. The maximum absolute atomic E-state index is 12.5. The SMILES string of the molecule is CC1(C)CCCC(c2cccc(NC(=O)NCc3cccc(C4(C)NC(=O)NC4=O)c3)c2)C1. The number of anilines is 1. The van der Waals surface area contributed by atoms with Crippen LogP contribution in [0.15, 0.2) is 48.5 Å². The second kappa shape index (κ2) is 8.89. The number of imide groups is 1. The summed E-state index contributed by atoms with van der Waals surface area (Å²) in [4.78, 5) is 36.3. The van der Waals surface area contributed by atoms with Crippen LogP contribution in [0.2, 0.25) is 0 Å². The summed E-state index contributed by atoms with van der Waals surface area (Å²) in [6.07, 6.45) is 4.85. The molecular formula is C26H32N4O3. The second-order valence-electron chi connectivity index (χ2n) is 10.1. The van der Waals surface area contributed by atoms with Crippen LogP contribution in [0.25, 0.3) is 0 Å². The largest absolute Gasteiger partial charge is 0.334 e. The van der Waals surface area contributed by atoms with Crippen LogP contribution in [0.3, 0.4) is 0 Å². The Hall–Kier alpha value is -3.35. The topological polar surface area (TPSA) is 99.3 Å². The number of rotatable bonds is 5. The molecule has 0 radical (unpaired) electrons. The van der Waals surface area contributed by atoms with E-state index in [1.54, 1.807) is 13.0 Å². The molecule has 2 fully saturated rings. The molecule has 1 aliphatic heterocycles. The molecule has 2 atom stereocenters. The van der Waals surface area contributed by atoms with Gasteiger partial charge in [0.05, 0.1) is 0 Å². The Labute approximate surface area is 194 Å². The van der Waals surface area contributed by atoms with Gasteiger partial charge in [0.15, 0.2) is 0 Å². The lowest BCUT2D eigenvalue weighted by molar-refractivity contribution is -0.123. The predicted octanol–water partition coefficient (Wildman–Crippen LogP) is 4.75. The lowest BCUT2D eigenvalue weighted by Crippen LogP contribution is -2.40. The third-order valence-electron chi connectivity index (χ3n) is 6.82. The number of hydrogen-bond donors (Lipinski definition) is 4. The van der Waals surface area contributed by atoms with Crippen LogP contribution in [0, 0.1) is 5.41 Å². The summed E-state index contributed by atoms with van der Waals surface area (Å²) in [5.74, 6) is 0.132. The molecule has 2 aliphatic rings. The maximum atomic E-state index is 12.5. The van der Waals surface area contributed by atoms with Crippen molar-refractivity contribution >= 4 is 23.7 Å². The van der Waals surface area contributed by atoms with Gasteiger partial charge in [-0.2, -0.15) is 0 Å². The van der Waals surface area contributed by atoms with Gasteiger partial charge >= 0.3 is 12.1 Å². The Morgan fingerprint density at radius 1 is 1.09 bits per heavy atom. The zero-order valence-electron chi connectivity index (χ0n) is 19.5. The van der Waals surface area contributed by atoms with Crippen molar-refractivity contribution in [2.45, 2.75) is 64.5 Å². The van der Waals surface area contributed by atoms with Crippen molar-refractivity contribution in [2.24, 2.45) is 5.41 Å². The number of hydrogen-bond acceptors (Lipinski definition) is 3. The molecule has 2 unspecified atom stereocenters. The van der Waals surface area contributed by atoms with E-state index in [4.69, 9.17) is 0 Å². The Bertz CT molecular complexity index is 1080. The monoisotopic (exact) mass is 448 g/mol. The highest BCUT2D eigenvalue weighted by Gasteiger charge is 2.43. The van der Waals surface area contributed by atoms with E-state index in [-0.39, 0.29) is 6.03 Å². The van der Waals surface area contributed by atoms with Crippen molar-refractivity contribution in [2.75, 3.05) is 5.32 Å². The van der Waals surface area contributed by atoms with Crippen LogP contribution >= 0.6 is 0 Å². The van der Waals surface area contributed by atoms with E-state index in [0.29, 0.717) is 23.4 Å². The summed E-state index contributed by atoms with van der Waals surface area (Å²) in [5, 5.41) is 10.7. The molecule has 1 saturated carbocycles. The molecule has 2 aromatic rings. The van der Waals surface area contributed by atoms with E-state index in [0.717, 1.165) is 17.7 Å². The fourth-order valence-corrected chi connectivity index (χ4v) is 4.95. The lowest BCUT2D eigenvalue weighted by Gasteiger charge is -2.35. The minimum absolute atomic E-state index is 0.292. The van der Waals surface area contributed by atoms with Gasteiger partial charge in [-0.25, -0.2) is 9.59 Å². The van der Waals surface area contributed by atoms with Gasteiger partial charge in [-0.15, -0.1) is 0 Å². The van der Waals surface area contributed by atoms with Crippen molar-refractivity contribution in [3.05, 3.63) is 65.2 Å². The maximum Gasteiger partial charge on any atom is 0.322 e. The number of nitrogens with one attached hydrogen (secondary N) is 4. The minimum Gasteiger partial charge on any atom is -0.334 e. The molecule has 0 aromatic heterocycles. The van der Waals surface area contributed by atoms with Gasteiger partial charge in [0.1, 0.15) is 5.54 Å². The summed E-state index contributed by atoms with van der Waals surface area (Å²) in [5.41, 5.74) is 2.78. The summed E-state index contributed by atoms with van der Waals surface area (Å²) in [6, 6.07) is 14.6. The van der Waals surface area contributed by atoms with Gasteiger partial charge in [-0.3, -0.25) is 10.1 Å². The zero-order chi connectivity index (χ0) is 23.6. The fraction of sp³-hybridized carbons (Fsp3) is 0.423. The summed E-state index contributed by atoms with van der Waals surface area (Å²) < 4.78 is 0. The van der Waals surface area contributed by atoms with Crippen LogP contribution in [0.5, 0.6) is 0 Å². The number of urea groups is 2. The molecule has 1 heterocycles. The first-order valence-electron chi connectivity index (χ1n) is 11.5. The predicted molar refractivity (Wildman–Crippen MR) is 128 cm³/mol. The highest BCUT2D eigenvalue weighted by Crippen LogP contribution is 2.43. The Balaban J connectivity index is 1.37. The van der Waals surface area contributed by atoms with Crippen molar-refractivity contribution in [3.63, 3.8) is 0 Å². The molecule has 1 saturated heterocycles. The number of carbonyl (C=O) groups is 3. The van der Waals surface area contributed by atoms with E-state index in [9.17, 15) is 14.4 Å². The standard InChI is InChI=1S/C26H32N4O3/c1-25(2)12-6-9-19(15-25)18-8-5-11-21(14-18)28-23(32)27-16-17-7-4-10-20(13-17)26(3)22(31)29-24(33)30-26/h4-5,7-8,10-11,13-14,19H,6,9,12,15-16H2,1-3H3,(H2,27,28,32)(H2,29,30,31,33). The van der Waals surface area contributed by atoms with Gasteiger partial charge in [0, 0.05) is 12.2 Å². The molecular weight excluding hydrogens is 416 g/mol. The van der Waals surface area contributed by atoms with Gasteiger partial charge in [-0.05, 0) is 66.3 Å². The number of amides is 5. The summed E-state index contributed by atoms with van der Waals surface area (Å²) in [7, 11) is 0. The highest BCUT2D eigenvalue weighted by atomic mass is 16.2. The number of carbonyl (C=O) groups excluding carboxylic acids is 3. The summed E-state index contributed by atoms with van der Waals surface area (Å²) >= 11 is 0. The third kappa shape index (κ3) is 5.18. The third-order valence-corrected chi connectivity index (χ3v) is 6.82.